The van der Waals surface area contributed by atoms with Crippen molar-refractivity contribution in [2.45, 2.75) is 24.7 Å². The Hall–Kier alpha value is -2.53. The highest BCUT2D eigenvalue weighted by molar-refractivity contribution is 5.78. The van der Waals surface area contributed by atoms with E-state index in [1.807, 2.05) is 24.3 Å². The molecule has 4 rings (SSSR count). The van der Waals surface area contributed by atoms with Gasteiger partial charge >= 0.3 is 0 Å². The van der Waals surface area contributed by atoms with Gasteiger partial charge in [0.25, 0.3) is 0 Å². The van der Waals surface area contributed by atoms with E-state index < -0.39 is 0 Å². The summed E-state index contributed by atoms with van der Waals surface area (Å²) in [7, 11) is 0. The maximum atomic E-state index is 12.5. The zero-order valence-corrected chi connectivity index (χ0v) is 16.3. The van der Waals surface area contributed by atoms with E-state index in [-0.39, 0.29) is 11.3 Å². The molecule has 2 aromatic carbocycles. The van der Waals surface area contributed by atoms with E-state index in [4.69, 9.17) is 0 Å². The van der Waals surface area contributed by atoms with Crippen LogP contribution in [0.4, 0.5) is 5.69 Å². The number of aromatic hydroxyl groups is 1. The largest absolute Gasteiger partial charge is 0.506 e. The Morgan fingerprint density at radius 1 is 0.964 bits per heavy atom. The number of phenols is 1. The second-order valence-electron chi connectivity index (χ2n) is 8.03. The Kier molecular flexibility index (Phi) is 5.53. The summed E-state index contributed by atoms with van der Waals surface area (Å²) in [5.41, 5.74) is 2.35. The van der Waals surface area contributed by atoms with Gasteiger partial charge in [-0.25, -0.2) is 0 Å². The van der Waals surface area contributed by atoms with E-state index in [2.05, 4.69) is 39.4 Å². The van der Waals surface area contributed by atoms with Gasteiger partial charge in [-0.15, -0.1) is 0 Å². The van der Waals surface area contributed by atoms with E-state index in [0.717, 1.165) is 51.3 Å². The number of carbonyl (C=O) groups is 1. The quantitative estimate of drug-likeness (QED) is 0.810. The van der Waals surface area contributed by atoms with Crippen molar-refractivity contribution in [1.82, 2.24) is 10.2 Å². The standard InChI is InChI=1S/C23H29N3O2/c27-21-10-5-4-9-20(21)26-15-13-25(14-16-26)17-22(28)24-18-23(11-6-12-23)19-7-2-1-3-8-19/h1-5,7-10,27H,6,11-18H2,(H,24,28). The smallest absolute Gasteiger partial charge is 0.234 e. The van der Waals surface area contributed by atoms with Gasteiger partial charge in [-0.2, -0.15) is 0 Å². The molecule has 1 amide bonds. The van der Waals surface area contributed by atoms with Gasteiger partial charge in [0.2, 0.25) is 5.91 Å². The first-order valence-corrected chi connectivity index (χ1v) is 10.2. The van der Waals surface area contributed by atoms with Gasteiger partial charge in [0.1, 0.15) is 5.75 Å². The molecule has 0 aromatic heterocycles. The number of para-hydroxylation sites is 2. The molecule has 0 bridgehead atoms. The van der Waals surface area contributed by atoms with Crippen molar-refractivity contribution in [3.8, 4) is 5.75 Å². The number of nitrogens with one attached hydrogen (secondary N) is 1. The normalized spacial score (nSPS) is 19.1. The first-order valence-electron chi connectivity index (χ1n) is 10.2. The van der Waals surface area contributed by atoms with Crippen LogP contribution in [0.3, 0.4) is 0 Å². The second-order valence-corrected chi connectivity index (χ2v) is 8.03. The molecule has 1 saturated heterocycles. The Balaban J connectivity index is 1.26. The summed E-state index contributed by atoms with van der Waals surface area (Å²) >= 11 is 0. The number of carbonyl (C=O) groups excluding carboxylic acids is 1. The molecular formula is C23H29N3O2. The number of rotatable bonds is 6. The summed E-state index contributed by atoms with van der Waals surface area (Å²) < 4.78 is 0. The summed E-state index contributed by atoms with van der Waals surface area (Å²) in [5, 5.41) is 13.2. The Labute approximate surface area is 167 Å². The lowest BCUT2D eigenvalue weighted by Crippen LogP contribution is -2.51. The minimum Gasteiger partial charge on any atom is -0.506 e. The summed E-state index contributed by atoms with van der Waals surface area (Å²) in [5.74, 6) is 0.429. The molecule has 1 heterocycles. The summed E-state index contributed by atoms with van der Waals surface area (Å²) in [6.45, 7) is 4.46. The first-order chi connectivity index (χ1) is 13.7. The van der Waals surface area contributed by atoms with E-state index in [1.165, 1.54) is 12.0 Å². The number of nitrogens with zero attached hydrogens (tertiary/aromatic N) is 2. The van der Waals surface area contributed by atoms with Gasteiger partial charge in [-0.3, -0.25) is 9.69 Å². The third-order valence-electron chi connectivity index (χ3n) is 6.28. The fraction of sp³-hybridized carbons (Fsp3) is 0.435. The third kappa shape index (κ3) is 3.99. The van der Waals surface area contributed by atoms with Crippen molar-refractivity contribution in [2.75, 3.05) is 44.2 Å². The highest BCUT2D eigenvalue weighted by Crippen LogP contribution is 2.43. The van der Waals surface area contributed by atoms with Crippen LogP contribution in [0.5, 0.6) is 5.75 Å². The molecule has 2 aliphatic rings. The zero-order valence-electron chi connectivity index (χ0n) is 16.3. The van der Waals surface area contributed by atoms with Crippen LogP contribution < -0.4 is 10.2 Å². The van der Waals surface area contributed by atoms with E-state index >= 15 is 0 Å². The van der Waals surface area contributed by atoms with Gasteiger partial charge in [0, 0.05) is 38.1 Å². The summed E-state index contributed by atoms with van der Waals surface area (Å²) in [4.78, 5) is 16.9. The molecule has 5 heteroatoms. The molecule has 2 fully saturated rings. The molecule has 28 heavy (non-hydrogen) atoms. The molecule has 0 unspecified atom stereocenters. The van der Waals surface area contributed by atoms with Crippen LogP contribution in [0.25, 0.3) is 0 Å². The minimum absolute atomic E-state index is 0.109. The van der Waals surface area contributed by atoms with Gasteiger partial charge in [0.05, 0.1) is 12.2 Å². The van der Waals surface area contributed by atoms with E-state index in [0.29, 0.717) is 12.3 Å². The Morgan fingerprint density at radius 2 is 1.64 bits per heavy atom. The molecule has 1 saturated carbocycles. The maximum Gasteiger partial charge on any atom is 0.234 e. The summed E-state index contributed by atoms with van der Waals surface area (Å²) in [6.07, 6.45) is 3.53. The Bertz CT molecular complexity index is 797. The molecule has 0 radical (unpaired) electrons. The monoisotopic (exact) mass is 379 g/mol. The molecule has 1 aliphatic carbocycles. The lowest BCUT2D eigenvalue weighted by atomic mass is 9.64. The van der Waals surface area contributed by atoms with Crippen molar-refractivity contribution >= 4 is 11.6 Å². The first kappa shape index (κ1) is 18.8. The van der Waals surface area contributed by atoms with Crippen LogP contribution in [-0.4, -0.2) is 55.2 Å². The molecule has 0 atom stereocenters. The number of hydrogen-bond acceptors (Lipinski definition) is 4. The number of benzene rings is 2. The lowest BCUT2D eigenvalue weighted by molar-refractivity contribution is -0.122. The maximum absolute atomic E-state index is 12.5. The van der Waals surface area contributed by atoms with Gasteiger partial charge in [0.15, 0.2) is 0 Å². The fourth-order valence-corrected chi connectivity index (χ4v) is 4.37. The molecule has 1 aliphatic heterocycles. The third-order valence-corrected chi connectivity index (χ3v) is 6.28. The lowest BCUT2D eigenvalue weighted by Gasteiger charge is -2.43. The van der Waals surface area contributed by atoms with Gasteiger partial charge in [-0.1, -0.05) is 48.9 Å². The topological polar surface area (TPSA) is 55.8 Å². The number of phenolic OH excluding ortho intramolecular Hbond substituents is 1. The number of anilines is 1. The zero-order chi connectivity index (χ0) is 19.4. The average molecular weight is 380 g/mol. The highest BCUT2D eigenvalue weighted by atomic mass is 16.3. The van der Waals surface area contributed by atoms with Crippen molar-refractivity contribution < 1.29 is 9.90 Å². The Morgan fingerprint density at radius 3 is 2.29 bits per heavy atom. The van der Waals surface area contributed by atoms with E-state index in [9.17, 15) is 9.90 Å². The molecule has 0 spiro atoms. The van der Waals surface area contributed by atoms with E-state index in [1.54, 1.807) is 6.07 Å². The van der Waals surface area contributed by atoms with Crippen LogP contribution in [0.2, 0.25) is 0 Å². The van der Waals surface area contributed by atoms with Crippen LogP contribution in [0.1, 0.15) is 24.8 Å². The second kappa shape index (κ2) is 8.23. The molecular weight excluding hydrogens is 350 g/mol. The molecule has 2 N–H and O–H groups in total. The van der Waals surface area contributed by atoms with Crippen molar-refractivity contribution in [3.63, 3.8) is 0 Å². The van der Waals surface area contributed by atoms with Gasteiger partial charge < -0.3 is 15.3 Å². The van der Waals surface area contributed by atoms with Crippen LogP contribution in [-0.2, 0) is 10.2 Å². The molecule has 5 nitrogen and oxygen atoms in total. The van der Waals surface area contributed by atoms with Crippen molar-refractivity contribution in [2.24, 2.45) is 0 Å². The van der Waals surface area contributed by atoms with Crippen LogP contribution in [0.15, 0.2) is 54.6 Å². The fourth-order valence-electron chi connectivity index (χ4n) is 4.37. The molecule has 2 aromatic rings. The van der Waals surface area contributed by atoms with Crippen LogP contribution in [0, 0.1) is 0 Å². The van der Waals surface area contributed by atoms with Crippen LogP contribution >= 0.6 is 0 Å². The van der Waals surface area contributed by atoms with Crippen molar-refractivity contribution in [1.29, 1.82) is 0 Å². The highest BCUT2D eigenvalue weighted by Gasteiger charge is 2.38. The van der Waals surface area contributed by atoms with Crippen molar-refractivity contribution in [3.05, 3.63) is 60.2 Å². The summed E-state index contributed by atoms with van der Waals surface area (Å²) in [6, 6.07) is 18.0. The average Bonchev–Trinajstić information content (AvgIpc) is 2.69. The number of piperazine rings is 1. The van der Waals surface area contributed by atoms with Gasteiger partial charge in [-0.05, 0) is 30.5 Å². The molecule has 148 valence electrons. The SMILES string of the molecule is O=C(CN1CCN(c2ccccc2O)CC1)NCC1(c2ccccc2)CCC1. The number of amides is 1. The minimum atomic E-state index is 0.109. The predicted molar refractivity (Wildman–Crippen MR) is 112 cm³/mol. The number of hydrogen-bond donors (Lipinski definition) is 2. The predicted octanol–water partition coefficient (Wildman–Crippen LogP) is 2.75.